The highest BCUT2D eigenvalue weighted by atomic mass is 79.9. The molecule has 0 aliphatic heterocycles. The zero-order chi connectivity index (χ0) is 14.7. The number of ether oxygens (including phenoxy) is 2. The van der Waals surface area contributed by atoms with Crippen LogP contribution in [0.4, 0.5) is 4.39 Å². The minimum absolute atomic E-state index is 0.0453. The predicted molar refractivity (Wildman–Crippen MR) is 78.2 cm³/mol. The number of rotatable bonds is 4. The Labute approximate surface area is 124 Å². The molecule has 0 aliphatic rings. The van der Waals surface area contributed by atoms with Crippen LogP contribution in [0.3, 0.4) is 0 Å². The van der Waals surface area contributed by atoms with E-state index < -0.39 is 5.82 Å². The third kappa shape index (κ3) is 3.08. The van der Waals surface area contributed by atoms with Gasteiger partial charge in [0.25, 0.3) is 0 Å². The summed E-state index contributed by atoms with van der Waals surface area (Å²) >= 11 is 3.17. The lowest BCUT2D eigenvalue weighted by molar-refractivity contribution is 0.405. The summed E-state index contributed by atoms with van der Waals surface area (Å²) in [6.45, 7) is 0. The molecule has 0 radical (unpaired) electrons. The summed E-state index contributed by atoms with van der Waals surface area (Å²) in [4.78, 5) is 0. The SMILES string of the molecule is COc1ccc(C(=N)N)c(Oc2ccc(Br)cc2F)c1. The lowest BCUT2D eigenvalue weighted by Gasteiger charge is -2.12. The van der Waals surface area contributed by atoms with Gasteiger partial charge in [-0.15, -0.1) is 0 Å². The molecule has 2 aromatic rings. The Balaban J connectivity index is 2.43. The molecule has 0 bridgehead atoms. The Morgan fingerprint density at radius 2 is 1.95 bits per heavy atom. The smallest absolute Gasteiger partial charge is 0.166 e. The lowest BCUT2D eigenvalue weighted by atomic mass is 10.1. The molecule has 20 heavy (non-hydrogen) atoms. The van der Waals surface area contributed by atoms with Gasteiger partial charge in [0.05, 0.1) is 12.7 Å². The van der Waals surface area contributed by atoms with E-state index in [1.165, 1.54) is 19.2 Å². The first kappa shape index (κ1) is 14.3. The maximum absolute atomic E-state index is 13.8. The highest BCUT2D eigenvalue weighted by Gasteiger charge is 2.12. The number of benzene rings is 2. The molecule has 0 heterocycles. The second-order valence-corrected chi connectivity index (χ2v) is 4.87. The highest BCUT2D eigenvalue weighted by molar-refractivity contribution is 9.10. The Morgan fingerprint density at radius 3 is 2.55 bits per heavy atom. The fourth-order valence-corrected chi connectivity index (χ4v) is 1.95. The van der Waals surface area contributed by atoms with Crippen LogP contribution in [0.15, 0.2) is 40.9 Å². The van der Waals surface area contributed by atoms with E-state index in [0.29, 0.717) is 15.8 Å². The summed E-state index contributed by atoms with van der Waals surface area (Å²) in [5.41, 5.74) is 5.85. The second kappa shape index (κ2) is 5.92. The zero-order valence-corrected chi connectivity index (χ0v) is 12.2. The van der Waals surface area contributed by atoms with Gasteiger partial charge in [-0.1, -0.05) is 15.9 Å². The number of methoxy groups -OCH3 is 1. The standard InChI is InChI=1S/C14H12BrFN2O2/c1-19-9-3-4-10(14(17)18)13(7-9)20-12-5-2-8(15)6-11(12)16/h2-7H,1H3,(H3,17,18). The summed E-state index contributed by atoms with van der Waals surface area (Å²) in [6, 6.07) is 9.24. The van der Waals surface area contributed by atoms with Crippen molar-refractivity contribution in [3.8, 4) is 17.2 Å². The first-order valence-electron chi connectivity index (χ1n) is 5.66. The molecule has 0 unspecified atom stereocenters. The average molecular weight is 339 g/mol. The van der Waals surface area contributed by atoms with Crippen molar-refractivity contribution in [3.63, 3.8) is 0 Å². The van der Waals surface area contributed by atoms with E-state index in [1.807, 2.05) is 0 Å². The van der Waals surface area contributed by atoms with E-state index in [2.05, 4.69) is 15.9 Å². The van der Waals surface area contributed by atoms with Crippen molar-refractivity contribution in [1.29, 1.82) is 5.41 Å². The van der Waals surface area contributed by atoms with Crippen LogP contribution in [0.5, 0.6) is 17.2 Å². The van der Waals surface area contributed by atoms with Crippen LogP contribution in [0.1, 0.15) is 5.56 Å². The van der Waals surface area contributed by atoms with Crippen molar-refractivity contribution in [1.82, 2.24) is 0 Å². The zero-order valence-electron chi connectivity index (χ0n) is 10.6. The first-order chi connectivity index (χ1) is 9.51. The Morgan fingerprint density at radius 1 is 1.20 bits per heavy atom. The van der Waals surface area contributed by atoms with Gasteiger partial charge in [-0.2, -0.15) is 0 Å². The second-order valence-electron chi connectivity index (χ2n) is 3.95. The molecular weight excluding hydrogens is 327 g/mol. The molecular formula is C14H12BrFN2O2. The number of nitrogen functional groups attached to an aromatic ring is 1. The number of nitrogens with two attached hydrogens (primary N) is 1. The fourth-order valence-electron chi connectivity index (χ4n) is 1.61. The van der Waals surface area contributed by atoms with Crippen molar-refractivity contribution in [2.45, 2.75) is 0 Å². The Bertz CT molecular complexity index is 662. The number of amidine groups is 1. The van der Waals surface area contributed by atoms with Crippen molar-refractivity contribution in [2.75, 3.05) is 7.11 Å². The van der Waals surface area contributed by atoms with E-state index >= 15 is 0 Å². The van der Waals surface area contributed by atoms with Gasteiger partial charge in [-0.3, -0.25) is 5.41 Å². The van der Waals surface area contributed by atoms with Crippen molar-refractivity contribution < 1.29 is 13.9 Å². The molecule has 0 fully saturated rings. The van der Waals surface area contributed by atoms with Crippen LogP contribution in [-0.4, -0.2) is 12.9 Å². The monoisotopic (exact) mass is 338 g/mol. The van der Waals surface area contributed by atoms with Crippen LogP contribution in [-0.2, 0) is 0 Å². The molecule has 3 N–H and O–H groups in total. The Hall–Kier alpha value is -2.08. The molecule has 0 amide bonds. The van der Waals surface area contributed by atoms with Gasteiger partial charge >= 0.3 is 0 Å². The fraction of sp³-hybridized carbons (Fsp3) is 0.0714. The summed E-state index contributed by atoms with van der Waals surface area (Å²) in [7, 11) is 1.51. The van der Waals surface area contributed by atoms with E-state index in [9.17, 15) is 4.39 Å². The molecule has 2 rings (SSSR count). The van der Waals surface area contributed by atoms with Crippen molar-refractivity contribution >= 4 is 21.8 Å². The average Bonchev–Trinajstić information content (AvgIpc) is 2.41. The highest BCUT2D eigenvalue weighted by Crippen LogP contribution is 2.31. The molecule has 4 nitrogen and oxygen atoms in total. The third-order valence-electron chi connectivity index (χ3n) is 2.59. The van der Waals surface area contributed by atoms with Crippen molar-refractivity contribution in [3.05, 3.63) is 52.3 Å². The maximum atomic E-state index is 13.8. The lowest BCUT2D eigenvalue weighted by Crippen LogP contribution is -2.12. The molecule has 0 aliphatic carbocycles. The van der Waals surface area contributed by atoms with E-state index in [4.69, 9.17) is 20.6 Å². The van der Waals surface area contributed by atoms with Crippen LogP contribution >= 0.6 is 15.9 Å². The molecule has 0 aromatic heterocycles. The summed E-state index contributed by atoms with van der Waals surface area (Å²) in [5, 5.41) is 7.51. The van der Waals surface area contributed by atoms with Gasteiger partial charge in [0, 0.05) is 10.5 Å². The largest absolute Gasteiger partial charge is 0.497 e. The van der Waals surface area contributed by atoms with Gasteiger partial charge < -0.3 is 15.2 Å². The summed E-state index contributed by atoms with van der Waals surface area (Å²) in [6.07, 6.45) is 0. The van der Waals surface area contributed by atoms with Crippen LogP contribution in [0.2, 0.25) is 0 Å². The normalized spacial score (nSPS) is 10.2. The van der Waals surface area contributed by atoms with Gasteiger partial charge in [-0.05, 0) is 30.3 Å². The minimum Gasteiger partial charge on any atom is -0.497 e. The van der Waals surface area contributed by atoms with Gasteiger partial charge in [0.15, 0.2) is 11.6 Å². The van der Waals surface area contributed by atoms with E-state index in [1.54, 1.807) is 24.3 Å². The van der Waals surface area contributed by atoms with Crippen LogP contribution in [0.25, 0.3) is 0 Å². The van der Waals surface area contributed by atoms with Crippen LogP contribution in [0, 0.1) is 11.2 Å². The summed E-state index contributed by atoms with van der Waals surface area (Å²) in [5.74, 6) is 0.154. The predicted octanol–water partition coefficient (Wildman–Crippen LogP) is 3.67. The quantitative estimate of drug-likeness (QED) is 0.660. The molecule has 6 heteroatoms. The number of hydrogen-bond acceptors (Lipinski definition) is 3. The minimum atomic E-state index is -0.517. The van der Waals surface area contributed by atoms with E-state index in [0.717, 1.165) is 0 Å². The van der Waals surface area contributed by atoms with Gasteiger partial charge in [-0.25, -0.2) is 4.39 Å². The van der Waals surface area contributed by atoms with E-state index in [-0.39, 0.29) is 17.3 Å². The molecule has 104 valence electrons. The summed E-state index contributed by atoms with van der Waals surface area (Å²) < 4.78 is 25.0. The molecule has 0 atom stereocenters. The van der Waals surface area contributed by atoms with Crippen LogP contribution < -0.4 is 15.2 Å². The van der Waals surface area contributed by atoms with Crippen molar-refractivity contribution in [2.24, 2.45) is 5.73 Å². The topological polar surface area (TPSA) is 68.3 Å². The van der Waals surface area contributed by atoms with Gasteiger partial charge in [0.1, 0.15) is 17.3 Å². The van der Waals surface area contributed by atoms with Gasteiger partial charge in [0.2, 0.25) is 0 Å². The molecule has 2 aromatic carbocycles. The maximum Gasteiger partial charge on any atom is 0.166 e. The molecule has 0 saturated carbocycles. The number of halogens is 2. The number of nitrogens with one attached hydrogen (secondary N) is 1. The first-order valence-corrected chi connectivity index (χ1v) is 6.46. The molecule has 0 spiro atoms. The number of hydrogen-bond donors (Lipinski definition) is 2. The Kier molecular flexibility index (Phi) is 4.24. The third-order valence-corrected chi connectivity index (χ3v) is 3.09. The molecule has 0 saturated heterocycles.